The van der Waals surface area contributed by atoms with Gasteiger partial charge in [0, 0.05) is 16.5 Å². The molecule has 17 heavy (non-hydrogen) atoms. The molecule has 92 valence electrons. The molecule has 0 aliphatic heterocycles. The molecule has 0 spiro atoms. The van der Waals surface area contributed by atoms with Gasteiger partial charge in [-0.3, -0.25) is 4.79 Å². The van der Waals surface area contributed by atoms with Crippen molar-refractivity contribution in [3.05, 3.63) is 34.6 Å². The summed E-state index contributed by atoms with van der Waals surface area (Å²) in [5.74, 6) is -1.32. The van der Waals surface area contributed by atoms with E-state index >= 15 is 0 Å². The molecule has 1 aliphatic carbocycles. The minimum atomic E-state index is -1.12. The van der Waals surface area contributed by atoms with Gasteiger partial charge in [0.05, 0.1) is 6.61 Å². The van der Waals surface area contributed by atoms with Crippen LogP contribution in [0.3, 0.4) is 0 Å². The van der Waals surface area contributed by atoms with E-state index in [1.165, 1.54) is 12.1 Å². The summed E-state index contributed by atoms with van der Waals surface area (Å²) < 4.78 is 18.5. The van der Waals surface area contributed by atoms with Gasteiger partial charge in [-0.25, -0.2) is 4.39 Å². The zero-order chi connectivity index (χ0) is 12.6. The lowest BCUT2D eigenvalue weighted by Gasteiger charge is -2.11. The van der Waals surface area contributed by atoms with E-state index in [1.807, 2.05) is 0 Å². The lowest BCUT2D eigenvalue weighted by molar-refractivity contribution is -0.146. The summed E-state index contributed by atoms with van der Waals surface area (Å²) in [6, 6.07) is 4.42. The van der Waals surface area contributed by atoms with E-state index in [9.17, 15) is 9.18 Å². The number of esters is 1. The quantitative estimate of drug-likeness (QED) is 0.845. The number of ether oxygens (including phenoxy) is 1. The number of halogens is 2. The van der Waals surface area contributed by atoms with Crippen molar-refractivity contribution in [1.82, 2.24) is 0 Å². The number of nitrogens with two attached hydrogens (primary N) is 1. The fourth-order valence-corrected chi connectivity index (χ4v) is 2.27. The number of carbonyl (C=O) groups is 1. The standard InChI is InChI=1S/C12H13ClFNO2/c1-2-17-11(16)12(15)6-7(12)10-8(13)4-3-5-9(10)14/h3-5,7H,2,6,15H2,1H3. The van der Waals surface area contributed by atoms with Gasteiger partial charge in [-0.2, -0.15) is 0 Å². The third-order valence-electron chi connectivity index (χ3n) is 3.01. The number of benzene rings is 1. The normalized spacial score (nSPS) is 26.7. The maximum Gasteiger partial charge on any atom is 0.326 e. The molecule has 1 saturated carbocycles. The van der Waals surface area contributed by atoms with E-state index in [1.54, 1.807) is 13.0 Å². The molecule has 0 aromatic heterocycles. The van der Waals surface area contributed by atoms with Crippen molar-refractivity contribution in [3.8, 4) is 0 Å². The van der Waals surface area contributed by atoms with Crippen LogP contribution in [-0.2, 0) is 9.53 Å². The smallest absolute Gasteiger partial charge is 0.326 e. The van der Waals surface area contributed by atoms with Crippen molar-refractivity contribution in [1.29, 1.82) is 0 Å². The van der Waals surface area contributed by atoms with Gasteiger partial charge in [0.15, 0.2) is 0 Å². The highest BCUT2D eigenvalue weighted by molar-refractivity contribution is 6.31. The third kappa shape index (κ3) is 2.03. The van der Waals surface area contributed by atoms with Gasteiger partial charge in [0.2, 0.25) is 0 Å². The Labute approximate surface area is 104 Å². The summed E-state index contributed by atoms with van der Waals surface area (Å²) >= 11 is 5.93. The molecule has 0 bridgehead atoms. The Morgan fingerprint density at radius 2 is 2.41 bits per heavy atom. The van der Waals surface area contributed by atoms with Gasteiger partial charge in [-0.1, -0.05) is 17.7 Å². The summed E-state index contributed by atoms with van der Waals surface area (Å²) in [4.78, 5) is 11.6. The molecule has 1 aromatic rings. The maximum atomic E-state index is 13.6. The van der Waals surface area contributed by atoms with Crippen LogP contribution < -0.4 is 5.73 Å². The van der Waals surface area contributed by atoms with Crippen molar-refractivity contribution in [2.75, 3.05) is 6.61 Å². The van der Waals surface area contributed by atoms with Gasteiger partial charge < -0.3 is 10.5 Å². The Kier molecular flexibility index (Phi) is 3.10. The fourth-order valence-electron chi connectivity index (χ4n) is 1.97. The first-order valence-corrected chi connectivity index (χ1v) is 5.78. The van der Waals surface area contributed by atoms with Gasteiger partial charge in [0.25, 0.3) is 0 Å². The van der Waals surface area contributed by atoms with Crippen LogP contribution in [0.2, 0.25) is 5.02 Å². The van der Waals surface area contributed by atoms with Gasteiger partial charge in [0.1, 0.15) is 11.4 Å². The number of hydrogen-bond donors (Lipinski definition) is 1. The van der Waals surface area contributed by atoms with Crippen molar-refractivity contribution >= 4 is 17.6 Å². The first kappa shape index (κ1) is 12.3. The molecule has 0 heterocycles. The molecule has 5 heteroatoms. The fraction of sp³-hybridized carbons (Fsp3) is 0.417. The van der Waals surface area contributed by atoms with E-state index in [0.29, 0.717) is 17.0 Å². The molecule has 0 amide bonds. The highest BCUT2D eigenvalue weighted by Gasteiger charge is 2.60. The average molecular weight is 258 g/mol. The molecule has 0 radical (unpaired) electrons. The summed E-state index contributed by atoms with van der Waals surface area (Å²) in [6.07, 6.45) is 0.368. The van der Waals surface area contributed by atoms with Crippen LogP contribution in [0.25, 0.3) is 0 Å². The van der Waals surface area contributed by atoms with E-state index in [4.69, 9.17) is 22.1 Å². The van der Waals surface area contributed by atoms with Gasteiger partial charge in [-0.05, 0) is 25.5 Å². The number of hydrogen-bond acceptors (Lipinski definition) is 3. The molecule has 2 rings (SSSR count). The van der Waals surface area contributed by atoms with E-state index in [0.717, 1.165) is 0 Å². The minimum absolute atomic E-state index is 0.259. The highest BCUT2D eigenvalue weighted by atomic mass is 35.5. The first-order chi connectivity index (χ1) is 8.00. The molecule has 2 unspecified atom stereocenters. The van der Waals surface area contributed by atoms with Gasteiger partial charge in [-0.15, -0.1) is 0 Å². The molecular formula is C12H13ClFNO2. The summed E-state index contributed by atoms with van der Waals surface area (Å²) in [7, 11) is 0. The Morgan fingerprint density at radius 1 is 1.71 bits per heavy atom. The molecular weight excluding hydrogens is 245 g/mol. The largest absolute Gasteiger partial charge is 0.465 e. The van der Waals surface area contributed by atoms with Crippen LogP contribution in [0.15, 0.2) is 18.2 Å². The summed E-state index contributed by atoms with van der Waals surface area (Å²) in [6.45, 7) is 1.96. The summed E-state index contributed by atoms with van der Waals surface area (Å²) in [5, 5.41) is 0.298. The zero-order valence-electron chi connectivity index (χ0n) is 9.37. The van der Waals surface area contributed by atoms with Crippen molar-refractivity contribution in [3.63, 3.8) is 0 Å². The van der Waals surface area contributed by atoms with Crippen LogP contribution in [0.5, 0.6) is 0 Å². The number of carbonyl (C=O) groups excluding carboxylic acids is 1. The van der Waals surface area contributed by atoms with Crippen LogP contribution in [-0.4, -0.2) is 18.1 Å². The molecule has 1 fully saturated rings. The molecule has 1 aromatic carbocycles. The van der Waals surface area contributed by atoms with Crippen LogP contribution in [0.1, 0.15) is 24.8 Å². The second-order valence-electron chi connectivity index (χ2n) is 4.15. The first-order valence-electron chi connectivity index (χ1n) is 5.40. The molecule has 2 N–H and O–H groups in total. The predicted molar refractivity (Wildman–Crippen MR) is 62.3 cm³/mol. The Balaban J connectivity index is 2.25. The minimum Gasteiger partial charge on any atom is -0.465 e. The molecule has 1 aliphatic rings. The van der Waals surface area contributed by atoms with Crippen molar-refractivity contribution in [2.24, 2.45) is 5.73 Å². The maximum absolute atomic E-state index is 13.6. The van der Waals surface area contributed by atoms with Crippen LogP contribution in [0, 0.1) is 5.82 Å². The third-order valence-corrected chi connectivity index (χ3v) is 3.34. The monoisotopic (exact) mass is 257 g/mol. The average Bonchev–Trinajstić information content (AvgIpc) is 2.92. The van der Waals surface area contributed by atoms with Crippen LogP contribution in [0.4, 0.5) is 4.39 Å². The molecule has 0 saturated heterocycles. The van der Waals surface area contributed by atoms with Crippen molar-refractivity contribution < 1.29 is 13.9 Å². The SMILES string of the molecule is CCOC(=O)C1(N)CC1c1c(F)cccc1Cl. The van der Waals surface area contributed by atoms with Crippen molar-refractivity contribution in [2.45, 2.75) is 24.8 Å². The Morgan fingerprint density at radius 3 is 3.00 bits per heavy atom. The van der Waals surface area contributed by atoms with Crippen LogP contribution >= 0.6 is 11.6 Å². The summed E-state index contributed by atoms with van der Waals surface area (Å²) in [5.41, 5.74) is 5.08. The second-order valence-corrected chi connectivity index (χ2v) is 4.56. The topological polar surface area (TPSA) is 52.3 Å². The highest BCUT2D eigenvalue weighted by Crippen LogP contribution is 2.52. The lowest BCUT2D eigenvalue weighted by Crippen LogP contribution is -2.36. The lowest BCUT2D eigenvalue weighted by atomic mass is 10.1. The predicted octanol–water partition coefficient (Wildman–Crippen LogP) is 2.23. The van der Waals surface area contributed by atoms with E-state index in [-0.39, 0.29) is 6.61 Å². The zero-order valence-corrected chi connectivity index (χ0v) is 10.1. The molecule has 2 atom stereocenters. The Hall–Kier alpha value is -1.13. The second kappa shape index (κ2) is 4.27. The van der Waals surface area contributed by atoms with Gasteiger partial charge >= 0.3 is 5.97 Å². The molecule has 3 nitrogen and oxygen atoms in total. The Bertz CT molecular complexity index is 446. The van der Waals surface area contributed by atoms with E-state index in [2.05, 4.69) is 0 Å². The number of rotatable bonds is 3. The van der Waals surface area contributed by atoms with E-state index < -0.39 is 23.2 Å².